The summed E-state index contributed by atoms with van der Waals surface area (Å²) in [6, 6.07) is 8.09. The van der Waals surface area contributed by atoms with E-state index in [-0.39, 0.29) is 17.7 Å². The molecular formula is C21H26BrN5O. The Morgan fingerprint density at radius 1 is 1.36 bits per heavy atom. The number of H-pyrrole nitrogens is 1. The van der Waals surface area contributed by atoms with Gasteiger partial charge in [-0.3, -0.25) is 9.48 Å². The molecule has 2 atom stereocenters. The van der Waals surface area contributed by atoms with Crippen molar-refractivity contribution in [2.24, 2.45) is 5.92 Å². The van der Waals surface area contributed by atoms with E-state index in [2.05, 4.69) is 26.0 Å². The van der Waals surface area contributed by atoms with Gasteiger partial charge in [0.2, 0.25) is 5.91 Å². The average molecular weight is 444 g/mol. The third kappa shape index (κ3) is 3.60. The molecular weight excluding hydrogens is 418 g/mol. The Hall–Kier alpha value is -2.15. The number of fused-ring (bicyclic) bond motifs is 1. The van der Waals surface area contributed by atoms with Crippen LogP contribution in [-0.4, -0.2) is 43.6 Å². The number of nitrogens with zero attached hydrogens (tertiary/aromatic N) is 4. The summed E-state index contributed by atoms with van der Waals surface area (Å²) in [5, 5.41) is 4.55. The molecule has 7 heteroatoms. The fraction of sp³-hybridized carbons (Fsp3) is 0.476. The fourth-order valence-corrected chi connectivity index (χ4v) is 4.35. The summed E-state index contributed by atoms with van der Waals surface area (Å²) in [6.07, 6.45) is 2.06. The maximum absolute atomic E-state index is 13.1. The highest BCUT2D eigenvalue weighted by molar-refractivity contribution is 9.10. The van der Waals surface area contributed by atoms with Crippen molar-refractivity contribution in [3.63, 3.8) is 0 Å². The Morgan fingerprint density at radius 2 is 2.14 bits per heavy atom. The van der Waals surface area contributed by atoms with E-state index in [9.17, 15) is 4.79 Å². The van der Waals surface area contributed by atoms with Crippen molar-refractivity contribution in [2.45, 2.75) is 46.1 Å². The Morgan fingerprint density at radius 3 is 2.86 bits per heavy atom. The highest BCUT2D eigenvalue weighted by Crippen LogP contribution is 2.28. The second kappa shape index (κ2) is 7.70. The Balaban J connectivity index is 1.45. The van der Waals surface area contributed by atoms with Crippen LogP contribution in [0.15, 0.2) is 28.7 Å². The van der Waals surface area contributed by atoms with Gasteiger partial charge in [-0.15, -0.1) is 0 Å². The number of imidazole rings is 1. The van der Waals surface area contributed by atoms with Crippen LogP contribution in [0.3, 0.4) is 0 Å². The molecule has 0 aliphatic carbocycles. The average Bonchev–Trinajstić information content (AvgIpc) is 3.24. The molecule has 0 spiro atoms. The number of likely N-dealkylation sites (tertiary alicyclic amines) is 1. The predicted molar refractivity (Wildman–Crippen MR) is 113 cm³/mol. The molecule has 28 heavy (non-hydrogen) atoms. The number of amides is 1. The molecule has 1 aliphatic rings. The van der Waals surface area contributed by atoms with Crippen LogP contribution in [-0.2, 0) is 11.3 Å². The largest absolute Gasteiger partial charge is 0.342 e. The molecule has 1 fully saturated rings. The highest BCUT2D eigenvalue weighted by Gasteiger charge is 2.29. The first-order valence-corrected chi connectivity index (χ1v) is 10.7. The number of hydrogen-bond donors (Lipinski definition) is 1. The van der Waals surface area contributed by atoms with Gasteiger partial charge in [-0.25, -0.2) is 4.98 Å². The minimum Gasteiger partial charge on any atom is -0.342 e. The van der Waals surface area contributed by atoms with Gasteiger partial charge in [-0.05, 0) is 54.8 Å². The van der Waals surface area contributed by atoms with Crippen molar-refractivity contribution in [3.05, 3.63) is 46.0 Å². The molecule has 2 unspecified atom stereocenters. The Labute approximate surface area is 173 Å². The number of hydrogen-bond acceptors (Lipinski definition) is 3. The number of para-hydroxylation sites is 2. The van der Waals surface area contributed by atoms with Gasteiger partial charge in [-0.1, -0.05) is 19.1 Å². The zero-order valence-corrected chi connectivity index (χ0v) is 18.2. The number of rotatable bonds is 4. The molecule has 6 nitrogen and oxygen atoms in total. The smallest absolute Gasteiger partial charge is 0.227 e. The molecule has 4 rings (SSSR count). The molecule has 2 aromatic heterocycles. The monoisotopic (exact) mass is 443 g/mol. The summed E-state index contributed by atoms with van der Waals surface area (Å²) >= 11 is 3.56. The van der Waals surface area contributed by atoms with E-state index >= 15 is 0 Å². The second-order valence-corrected chi connectivity index (χ2v) is 8.62. The maximum Gasteiger partial charge on any atom is 0.227 e. The number of aromatic nitrogens is 4. The van der Waals surface area contributed by atoms with Gasteiger partial charge in [0.25, 0.3) is 0 Å². The number of carbonyl (C=O) groups excluding carboxylic acids is 1. The van der Waals surface area contributed by atoms with Gasteiger partial charge < -0.3 is 9.88 Å². The van der Waals surface area contributed by atoms with Crippen LogP contribution in [0.5, 0.6) is 0 Å². The number of carbonyl (C=O) groups is 1. The Kier molecular flexibility index (Phi) is 5.27. The molecule has 148 valence electrons. The molecule has 0 bridgehead atoms. The van der Waals surface area contributed by atoms with E-state index in [4.69, 9.17) is 4.98 Å². The van der Waals surface area contributed by atoms with Crippen LogP contribution in [0.25, 0.3) is 11.0 Å². The summed E-state index contributed by atoms with van der Waals surface area (Å²) in [5.41, 5.74) is 4.07. The van der Waals surface area contributed by atoms with Crippen molar-refractivity contribution < 1.29 is 4.79 Å². The van der Waals surface area contributed by atoms with Gasteiger partial charge >= 0.3 is 0 Å². The SMILES string of the molecule is Cc1nn(CC(C)C(=O)N2CCCC(c3nc4ccccc4[nH]3)C2)c(C)c1Br. The van der Waals surface area contributed by atoms with E-state index < -0.39 is 0 Å². The summed E-state index contributed by atoms with van der Waals surface area (Å²) in [4.78, 5) is 23.3. The third-order valence-corrected chi connectivity index (χ3v) is 6.84. The summed E-state index contributed by atoms with van der Waals surface area (Å²) < 4.78 is 2.96. The maximum atomic E-state index is 13.1. The van der Waals surface area contributed by atoms with E-state index in [0.717, 1.165) is 58.6 Å². The number of aryl methyl sites for hydroxylation is 1. The number of benzene rings is 1. The summed E-state index contributed by atoms with van der Waals surface area (Å²) in [5.74, 6) is 1.35. The van der Waals surface area contributed by atoms with E-state index in [0.29, 0.717) is 6.54 Å². The fourth-order valence-electron chi connectivity index (χ4n) is 4.07. The first kappa shape index (κ1) is 19.2. The normalized spacial score (nSPS) is 18.6. The van der Waals surface area contributed by atoms with Crippen LogP contribution >= 0.6 is 15.9 Å². The van der Waals surface area contributed by atoms with Gasteiger partial charge in [-0.2, -0.15) is 5.10 Å². The standard InChI is InChI=1S/C21H26BrN5O/c1-13(11-27-15(3)19(22)14(2)25-27)21(28)26-10-6-7-16(12-26)20-23-17-8-4-5-9-18(17)24-20/h4-5,8-9,13,16H,6-7,10-12H2,1-3H3,(H,23,24). The molecule has 1 N–H and O–H groups in total. The lowest BCUT2D eigenvalue weighted by molar-refractivity contribution is -0.136. The lowest BCUT2D eigenvalue weighted by Gasteiger charge is -2.33. The minimum absolute atomic E-state index is 0.112. The van der Waals surface area contributed by atoms with E-state index in [1.165, 1.54) is 0 Å². The van der Waals surface area contributed by atoms with E-state index in [1.54, 1.807) is 0 Å². The molecule has 0 saturated carbocycles. The van der Waals surface area contributed by atoms with Gasteiger partial charge in [0.1, 0.15) is 5.82 Å². The number of piperidine rings is 1. The van der Waals surface area contributed by atoms with Crippen LogP contribution in [0.1, 0.15) is 42.9 Å². The molecule has 1 aromatic carbocycles. The first-order chi connectivity index (χ1) is 13.4. The van der Waals surface area contributed by atoms with Gasteiger partial charge in [0.15, 0.2) is 0 Å². The lowest BCUT2D eigenvalue weighted by atomic mass is 9.96. The molecule has 0 radical (unpaired) electrons. The minimum atomic E-state index is -0.112. The van der Waals surface area contributed by atoms with Gasteiger partial charge in [0, 0.05) is 24.7 Å². The highest BCUT2D eigenvalue weighted by atomic mass is 79.9. The molecule has 3 aromatic rings. The van der Waals surface area contributed by atoms with Crippen molar-refractivity contribution in [1.29, 1.82) is 0 Å². The molecule has 1 saturated heterocycles. The van der Waals surface area contributed by atoms with Crippen molar-refractivity contribution in [3.8, 4) is 0 Å². The van der Waals surface area contributed by atoms with Crippen LogP contribution in [0.4, 0.5) is 0 Å². The number of aromatic amines is 1. The summed E-state index contributed by atoms with van der Waals surface area (Å²) in [7, 11) is 0. The van der Waals surface area contributed by atoms with E-state index in [1.807, 2.05) is 54.6 Å². The summed E-state index contributed by atoms with van der Waals surface area (Å²) in [6.45, 7) is 8.15. The quantitative estimate of drug-likeness (QED) is 0.657. The third-order valence-electron chi connectivity index (χ3n) is 5.69. The predicted octanol–water partition coefficient (Wildman–Crippen LogP) is 4.18. The lowest BCUT2D eigenvalue weighted by Crippen LogP contribution is -2.43. The molecule has 1 amide bonds. The van der Waals surface area contributed by atoms with Crippen molar-refractivity contribution in [2.75, 3.05) is 13.1 Å². The van der Waals surface area contributed by atoms with Crippen LogP contribution < -0.4 is 0 Å². The molecule has 1 aliphatic heterocycles. The van der Waals surface area contributed by atoms with Crippen LogP contribution in [0.2, 0.25) is 0 Å². The topological polar surface area (TPSA) is 66.8 Å². The second-order valence-electron chi connectivity index (χ2n) is 7.83. The number of halogens is 1. The van der Waals surface area contributed by atoms with Crippen molar-refractivity contribution >= 4 is 32.9 Å². The van der Waals surface area contributed by atoms with Gasteiger partial charge in [0.05, 0.1) is 33.7 Å². The zero-order valence-electron chi connectivity index (χ0n) is 16.6. The molecule has 3 heterocycles. The zero-order chi connectivity index (χ0) is 19.8. The van der Waals surface area contributed by atoms with Crippen LogP contribution in [0, 0.1) is 19.8 Å². The first-order valence-electron chi connectivity index (χ1n) is 9.87. The Bertz CT molecular complexity index is 975. The number of nitrogens with one attached hydrogen (secondary N) is 1. The van der Waals surface area contributed by atoms with Crippen molar-refractivity contribution in [1.82, 2.24) is 24.6 Å².